The van der Waals surface area contributed by atoms with Crippen LogP contribution >= 0.6 is 11.6 Å². The van der Waals surface area contributed by atoms with Gasteiger partial charge in [0.25, 0.3) is 0 Å². The average Bonchev–Trinajstić information content (AvgIpc) is 2.08. The topological polar surface area (TPSA) is 38.2 Å². The van der Waals surface area contributed by atoms with Crippen molar-refractivity contribution < 1.29 is 4.74 Å². The SMILES string of the molecule is CN(C)CCOc1ncc(Cl)cn1. The lowest BCUT2D eigenvalue weighted by Gasteiger charge is -2.09. The van der Waals surface area contributed by atoms with Crippen LogP contribution in [0.3, 0.4) is 0 Å². The molecular weight excluding hydrogens is 190 g/mol. The first-order valence-corrected chi connectivity index (χ1v) is 4.31. The summed E-state index contributed by atoms with van der Waals surface area (Å²) in [4.78, 5) is 9.81. The Morgan fingerprint density at radius 1 is 1.38 bits per heavy atom. The largest absolute Gasteiger partial charge is 0.462 e. The molecule has 1 aromatic heterocycles. The van der Waals surface area contributed by atoms with Crippen LogP contribution in [0, 0.1) is 0 Å². The lowest BCUT2D eigenvalue weighted by molar-refractivity contribution is 0.245. The third-order valence-corrected chi connectivity index (χ3v) is 1.56. The molecule has 0 saturated carbocycles. The molecule has 0 N–H and O–H groups in total. The van der Waals surface area contributed by atoms with Gasteiger partial charge in [0, 0.05) is 6.54 Å². The number of ether oxygens (including phenoxy) is 1. The summed E-state index contributed by atoms with van der Waals surface area (Å²) < 4.78 is 5.25. The van der Waals surface area contributed by atoms with Gasteiger partial charge in [-0.1, -0.05) is 11.6 Å². The van der Waals surface area contributed by atoms with Gasteiger partial charge in [-0.15, -0.1) is 0 Å². The van der Waals surface area contributed by atoms with Gasteiger partial charge in [-0.2, -0.15) is 0 Å². The second-order valence-corrected chi connectivity index (χ2v) is 3.27. The van der Waals surface area contributed by atoms with E-state index in [-0.39, 0.29) is 0 Å². The summed E-state index contributed by atoms with van der Waals surface area (Å²) in [7, 11) is 3.96. The van der Waals surface area contributed by atoms with Crippen molar-refractivity contribution in [1.29, 1.82) is 0 Å². The molecule has 0 aromatic carbocycles. The highest BCUT2D eigenvalue weighted by Crippen LogP contribution is 2.06. The molecule has 0 bridgehead atoms. The third-order valence-electron chi connectivity index (χ3n) is 1.37. The molecule has 0 atom stereocenters. The molecule has 4 nitrogen and oxygen atoms in total. The highest BCUT2D eigenvalue weighted by atomic mass is 35.5. The van der Waals surface area contributed by atoms with E-state index in [1.807, 2.05) is 19.0 Å². The highest BCUT2D eigenvalue weighted by molar-refractivity contribution is 6.30. The number of likely N-dealkylation sites (N-methyl/N-ethyl adjacent to an activating group) is 1. The molecule has 1 aromatic rings. The van der Waals surface area contributed by atoms with Gasteiger partial charge in [-0.05, 0) is 14.1 Å². The van der Waals surface area contributed by atoms with Gasteiger partial charge >= 0.3 is 6.01 Å². The third kappa shape index (κ3) is 4.05. The van der Waals surface area contributed by atoms with Crippen molar-refractivity contribution in [2.75, 3.05) is 27.2 Å². The van der Waals surface area contributed by atoms with Crippen LogP contribution in [0.2, 0.25) is 5.02 Å². The molecule has 0 amide bonds. The van der Waals surface area contributed by atoms with Gasteiger partial charge in [0.15, 0.2) is 0 Å². The average molecular weight is 202 g/mol. The second kappa shape index (κ2) is 4.99. The van der Waals surface area contributed by atoms with E-state index in [1.54, 1.807) is 0 Å². The van der Waals surface area contributed by atoms with E-state index in [9.17, 15) is 0 Å². The molecule has 0 aliphatic carbocycles. The number of nitrogens with zero attached hydrogens (tertiary/aromatic N) is 3. The van der Waals surface area contributed by atoms with E-state index in [1.165, 1.54) is 12.4 Å². The summed E-state index contributed by atoms with van der Waals surface area (Å²) in [5.74, 6) is 0. The number of rotatable bonds is 4. The Balaban J connectivity index is 2.33. The van der Waals surface area contributed by atoms with Crippen molar-refractivity contribution in [2.45, 2.75) is 0 Å². The molecule has 0 aliphatic rings. The molecule has 5 heteroatoms. The van der Waals surface area contributed by atoms with Crippen molar-refractivity contribution in [3.8, 4) is 6.01 Å². The molecular formula is C8H12ClN3O. The fourth-order valence-corrected chi connectivity index (χ4v) is 0.792. The maximum absolute atomic E-state index is 5.61. The zero-order valence-electron chi connectivity index (χ0n) is 7.70. The molecule has 72 valence electrons. The summed E-state index contributed by atoms with van der Waals surface area (Å²) in [5.41, 5.74) is 0. The first kappa shape index (κ1) is 10.2. The number of aromatic nitrogens is 2. The van der Waals surface area contributed by atoms with Crippen LogP contribution in [-0.2, 0) is 0 Å². The van der Waals surface area contributed by atoms with E-state index in [0.29, 0.717) is 17.6 Å². The summed E-state index contributed by atoms with van der Waals surface area (Å²) in [6.45, 7) is 1.42. The van der Waals surface area contributed by atoms with Crippen LogP contribution in [0.4, 0.5) is 0 Å². The maximum Gasteiger partial charge on any atom is 0.316 e. The summed E-state index contributed by atoms with van der Waals surface area (Å²) in [6, 6.07) is 0.367. The minimum atomic E-state index is 0.367. The summed E-state index contributed by atoms with van der Waals surface area (Å²) in [6.07, 6.45) is 3.03. The summed E-state index contributed by atoms with van der Waals surface area (Å²) >= 11 is 5.61. The molecule has 0 saturated heterocycles. The number of hydrogen-bond acceptors (Lipinski definition) is 4. The van der Waals surface area contributed by atoms with Crippen molar-refractivity contribution in [1.82, 2.24) is 14.9 Å². The van der Waals surface area contributed by atoms with Crippen LogP contribution in [0.1, 0.15) is 0 Å². The standard InChI is InChI=1S/C8H12ClN3O/c1-12(2)3-4-13-8-10-5-7(9)6-11-8/h5-6H,3-4H2,1-2H3. The van der Waals surface area contributed by atoms with E-state index in [4.69, 9.17) is 16.3 Å². The molecule has 13 heavy (non-hydrogen) atoms. The Kier molecular flexibility index (Phi) is 3.92. The first-order valence-electron chi connectivity index (χ1n) is 3.93. The van der Waals surface area contributed by atoms with Crippen molar-refractivity contribution in [3.05, 3.63) is 17.4 Å². The quantitative estimate of drug-likeness (QED) is 0.731. The predicted octanol–water partition coefficient (Wildman–Crippen LogP) is 1.07. The molecule has 1 heterocycles. The second-order valence-electron chi connectivity index (χ2n) is 2.84. The lowest BCUT2D eigenvalue weighted by Crippen LogP contribution is -2.19. The fraction of sp³-hybridized carbons (Fsp3) is 0.500. The lowest BCUT2D eigenvalue weighted by atomic mass is 10.6. The minimum absolute atomic E-state index is 0.367. The van der Waals surface area contributed by atoms with Crippen LogP contribution in [0.5, 0.6) is 6.01 Å². The summed E-state index contributed by atoms with van der Waals surface area (Å²) in [5, 5.41) is 0.514. The zero-order chi connectivity index (χ0) is 9.68. The minimum Gasteiger partial charge on any atom is -0.462 e. The monoisotopic (exact) mass is 201 g/mol. The first-order chi connectivity index (χ1) is 6.18. The van der Waals surface area contributed by atoms with Gasteiger partial charge in [0.1, 0.15) is 6.61 Å². The Labute approximate surface area is 82.5 Å². The zero-order valence-corrected chi connectivity index (χ0v) is 8.45. The molecule has 0 unspecified atom stereocenters. The Bertz CT molecular complexity index is 250. The van der Waals surface area contributed by atoms with Crippen LogP contribution in [-0.4, -0.2) is 42.1 Å². The van der Waals surface area contributed by atoms with Gasteiger partial charge in [0.05, 0.1) is 17.4 Å². The van der Waals surface area contributed by atoms with E-state index in [2.05, 4.69) is 9.97 Å². The normalized spacial score (nSPS) is 10.5. The van der Waals surface area contributed by atoms with Crippen molar-refractivity contribution >= 4 is 11.6 Å². The van der Waals surface area contributed by atoms with E-state index in [0.717, 1.165) is 6.54 Å². The predicted molar refractivity (Wildman–Crippen MR) is 51.1 cm³/mol. The smallest absolute Gasteiger partial charge is 0.316 e. The van der Waals surface area contributed by atoms with Crippen LogP contribution in [0.15, 0.2) is 12.4 Å². The van der Waals surface area contributed by atoms with E-state index < -0.39 is 0 Å². The van der Waals surface area contributed by atoms with Crippen molar-refractivity contribution in [3.63, 3.8) is 0 Å². The van der Waals surface area contributed by atoms with Gasteiger partial charge in [-0.3, -0.25) is 0 Å². The maximum atomic E-state index is 5.61. The Morgan fingerprint density at radius 2 is 2.00 bits per heavy atom. The molecule has 0 spiro atoms. The molecule has 0 radical (unpaired) electrons. The number of halogens is 1. The number of hydrogen-bond donors (Lipinski definition) is 0. The Hall–Kier alpha value is -0.870. The Morgan fingerprint density at radius 3 is 2.54 bits per heavy atom. The van der Waals surface area contributed by atoms with Gasteiger partial charge < -0.3 is 9.64 Å². The van der Waals surface area contributed by atoms with Crippen molar-refractivity contribution in [2.24, 2.45) is 0 Å². The molecule has 1 rings (SSSR count). The highest BCUT2D eigenvalue weighted by Gasteiger charge is 1.97. The van der Waals surface area contributed by atoms with Gasteiger partial charge in [-0.25, -0.2) is 9.97 Å². The van der Waals surface area contributed by atoms with Gasteiger partial charge in [0.2, 0.25) is 0 Å². The van der Waals surface area contributed by atoms with Crippen LogP contribution < -0.4 is 4.74 Å². The molecule has 0 aliphatic heterocycles. The van der Waals surface area contributed by atoms with E-state index >= 15 is 0 Å². The van der Waals surface area contributed by atoms with Crippen LogP contribution in [0.25, 0.3) is 0 Å². The molecule has 0 fully saturated rings. The fourth-order valence-electron chi connectivity index (χ4n) is 0.694.